The van der Waals surface area contributed by atoms with Crippen LogP contribution >= 0.6 is 0 Å². The Labute approximate surface area is 87.2 Å². The molecule has 1 saturated heterocycles. The van der Waals surface area contributed by atoms with Crippen molar-refractivity contribution in [3.8, 4) is 0 Å². The third-order valence-electron chi connectivity index (χ3n) is 3.75. The number of hydrogen-bond acceptors (Lipinski definition) is 1. The average Bonchev–Trinajstić information content (AvgIpc) is 2.58. The maximum absolute atomic E-state index is 8.14. The molecule has 1 aliphatic carbocycles. The van der Waals surface area contributed by atoms with Crippen LogP contribution in [-0.4, -0.2) is 23.8 Å². The van der Waals surface area contributed by atoms with Crippen molar-refractivity contribution in [1.29, 1.82) is 5.41 Å². The van der Waals surface area contributed by atoms with Gasteiger partial charge in [-0.1, -0.05) is 27.2 Å². The predicted octanol–water partition coefficient (Wildman–Crippen LogP) is 2.74. The minimum Gasteiger partial charge on any atom is -0.360 e. The van der Waals surface area contributed by atoms with Gasteiger partial charge in [0.2, 0.25) is 0 Å². The van der Waals surface area contributed by atoms with Gasteiger partial charge < -0.3 is 4.90 Å². The molecular formula is C12H22N2. The Morgan fingerprint density at radius 2 is 1.64 bits per heavy atom. The molecule has 0 spiro atoms. The van der Waals surface area contributed by atoms with Crippen molar-refractivity contribution in [2.45, 2.75) is 40.0 Å². The molecule has 14 heavy (non-hydrogen) atoms. The van der Waals surface area contributed by atoms with Crippen LogP contribution in [-0.2, 0) is 0 Å². The number of nitrogens with zero attached hydrogens (tertiary/aromatic N) is 1. The van der Waals surface area contributed by atoms with Crippen molar-refractivity contribution in [3.05, 3.63) is 0 Å². The van der Waals surface area contributed by atoms with Crippen LogP contribution in [0.25, 0.3) is 0 Å². The molecular weight excluding hydrogens is 172 g/mol. The largest absolute Gasteiger partial charge is 0.360 e. The fraction of sp³-hybridized carbons (Fsp3) is 0.917. The van der Waals surface area contributed by atoms with Gasteiger partial charge in [-0.2, -0.15) is 0 Å². The topological polar surface area (TPSA) is 27.1 Å². The van der Waals surface area contributed by atoms with Crippen LogP contribution in [0.15, 0.2) is 0 Å². The van der Waals surface area contributed by atoms with E-state index in [-0.39, 0.29) is 5.41 Å². The van der Waals surface area contributed by atoms with Crippen LogP contribution in [0.3, 0.4) is 0 Å². The maximum Gasteiger partial charge on any atom is 0.101 e. The minimum absolute atomic E-state index is 0.0264. The number of fused-ring (bicyclic) bond motifs is 1. The minimum atomic E-state index is 0.0264. The highest BCUT2D eigenvalue weighted by molar-refractivity contribution is 5.84. The maximum atomic E-state index is 8.14. The average molecular weight is 194 g/mol. The molecule has 2 aliphatic rings. The first-order chi connectivity index (χ1) is 6.48. The van der Waals surface area contributed by atoms with Gasteiger partial charge in [-0.25, -0.2) is 0 Å². The number of amidine groups is 1. The van der Waals surface area contributed by atoms with Crippen molar-refractivity contribution in [2.24, 2.45) is 17.3 Å². The summed E-state index contributed by atoms with van der Waals surface area (Å²) in [6.45, 7) is 8.73. The van der Waals surface area contributed by atoms with Crippen LogP contribution in [0.2, 0.25) is 0 Å². The lowest BCUT2D eigenvalue weighted by Gasteiger charge is -2.29. The zero-order chi connectivity index (χ0) is 10.3. The Kier molecular flexibility index (Phi) is 2.32. The Hall–Kier alpha value is -0.530. The smallest absolute Gasteiger partial charge is 0.101 e. The second-order valence-electron chi connectivity index (χ2n) is 5.95. The third kappa shape index (κ3) is 1.67. The molecule has 2 nitrogen and oxygen atoms in total. The first-order valence-electron chi connectivity index (χ1n) is 5.82. The molecule has 1 saturated carbocycles. The summed E-state index contributed by atoms with van der Waals surface area (Å²) in [5.74, 6) is 2.64. The molecule has 0 aromatic carbocycles. The highest BCUT2D eigenvalue weighted by Crippen LogP contribution is 2.38. The van der Waals surface area contributed by atoms with E-state index in [1.54, 1.807) is 0 Å². The van der Waals surface area contributed by atoms with Crippen molar-refractivity contribution in [1.82, 2.24) is 4.90 Å². The molecule has 2 fully saturated rings. The molecule has 2 unspecified atom stereocenters. The fourth-order valence-electron chi connectivity index (χ4n) is 2.89. The Morgan fingerprint density at radius 1 is 1.14 bits per heavy atom. The summed E-state index contributed by atoms with van der Waals surface area (Å²) in [7, 11) is 0. The number of nitrogens with one attached hydrogen (secondary N) is 1. The van der Waals surface area contributed by atoms with E-state index in [0.717, 1.165) is 30.8 Å². The first-order valence-corrected chi connectivity index (χ1v) is 5.82. The Morgan fingerprint density at radius 3 is 2.07 bits per heavy atom. The van der Waals surface area contributed by atoms with Gasteiger partial charge in [-0.3, -0.25) is 5.41 Å². The molecule has 1 N–H and O–H groups in total. The summed E-state index contributed by atoms with van der Waals surface area (Å²) in [4.78, 5) is 2.31. The highest BCUT2D eigenvalue weighted by Gasteiger charge is 2.38. The first kappa shape index (κ1) is 10.0. The van der Waals surface area contributed by atoms with Crippen LogP contribution in [0.5, 0.6) is 0 Å². The summed E-state index contributed by atoms with van der Waals surface area (Å²) < 4.78 is 0. The quantitative estimate of drug-likeness (QED) is 0.466. The van der Waals surface area contributed by atoms with E-state index in [9.17, 15) is 0 Å². The molecule has 80 valence electrons. The monoisotopic (exact) mass is 194 g/mol. The van der Waals surface area contributed by atoms with E-state index >= 15 is 0 Å². The van der Waals surface area contributed by atoms with E-state index < -0.39 is 0 Å². The second-order valence-corrected chi connectivity index (χ2v) is 5.95. The predicted molar refractivity (Wildman–Crippen MR) is 59.6 cm³/mol. The van der Waals surface area contributed by atoms with E-state index in [1.807, 2.05) is 0 Å². The van der Waals surface area contributed by atoms with Crippen LogP contribution < -0.4 is 0 Å². The molecule has 2 rings (SSSR count). The van der Waals surface area contributed by atoms with E-state index in [0.29, 0.717) is 0 Å². The highest BCUT2D eigenvalue weighted by atomic mass is 15.2. The third-order valence-corrected chi connectivity index (χ3v) is 3.75. The van der Waals surface area contributed by atoms with E-state index in [1.165, 1.54) is 19.3 Å². The summed E-state index contributed by atoms with van der Waals surface area (Å²) in [5, 5.41) is 8.14. The number of likely N-dealkylation sites (tertiary alicyclic amines) is 1. The van der Waals surface area contributed by atoms with Gasteiger partial charge in [-0.15, -0.1) is 0 Å². The van der Waals surface area contributed by atoms with Crippen LogP contribution in [0, 0.1) is 22.7 Å². The number of rotatable bonds is 0. The Balaban J connectivity index is 1.99. The zero-order valence-electron chi connectivity index (χ0n) is 9.64. The molecule has 1 heterocycles. The van der Waals surface area contributed by atoms with Gasteiger partial charge in [0.1, 0.15) is 5.84 Å². The van der Waals surface area contributed by atoms with Gasteiger partial charge in [0, 0.05) is 18.5 Å². The molecule has 0 aromatic rings. The van der Waals surface area contributed by atoms with Gasteiger partial charge in [-0.05, 0) is 24.7 Å². The second kappa shape index (κ2) is 3.25. The van der Waals surface area contributed by atoms with Crippen molar-refractivity contribution in [2.75, 3.05) is 13.1 Å². The Bertz CT molecular complexity index is 227. The molecule has 2 atom stereocenters. The van der Waals surface area contributed by atoms with Gasteiger partial charge in [0.05, 0.1) is 0 Å². The lowest BCUT2D eigenvalue weighted by molar-refractivity contribution is 0.399. The van der Waals surface area contributed by atoms with E-state index in [4.69, 9.17) is 5.41 Å². The summed E-state index contributed by atoms with van der Waals surface area (Å²) >= 11 is 0. The normalized spacial score (nSPS) is 32.1. The SMILES string of the molecule is CC(C)(C)C(=N)N1CC2CCCC2C1. The van der Waals surface area contributed by atoms with Crippen molar-refractivity contribution < 1.29 is 0 Å². The standard InChI is InChI=1S/C12H22N2/c1-12(2,3)11(13)14-7-9-5-4-6-10(9)8-14/h9-10,13H,4-8H2,1-3H3. The molecule has 0 bridgehead atoms. The van der Waals surface area contributed by atoms with Gasteiger partial charge in [0.25, 0.3) is 0 Å². The van der Waals surface area contributed by atoms with Gasteiger partial charge in [0.15, 0.2) is 0 Å². The van der Waals surface area contributed by atoms with Crippen LogP contribution in [0.1, 0.15) is 40.0 Å². The fourth-order valence-corrected chi connectivity index (χ4v) is 2.89. The number of hydrogen-bond donors (Lipinski definition) is 1. The molecule has 2 heteroatoms. The summed E-state index contributed by atoms with van der Waals surface area (Å²) in [5.41, 5.74) is 0.0264. The van der Waals surface area contributed by atoms with Crippen LogP contribution in [0.4, 0.5) is 0 Å². The molecule has 1 aliphatic heterocycles. The van der Waals surface area contributed by atoms with Gasteiger partial charge >= 0.3 is 0 Å². The van der Waals surface area contributed by atoms with Crippen molar-refractivity contribution >= 4 is 5.84 Å². The van der Waals surface area contributed by atoms with E-state index in [2.05, 4.69) is 25.7 Å². The molecule has 0 amide bonds. The lowest BCUT2D eigenvalue weighted by atomic mass is 9.94. The summed E-state index contributed by atoms with van der Waals surface area (Å²) in [6, 6.07) is 0. The molecule has 0 radical (unpaired) electrons. The summed E-state index contributed by atoms with van der Waals surface area (Å²) in [6.07, 6.45) is 4.23. The molecule has 0 aromatic heterocycles. The van der Waals surface area contributed by atoms with Crippen molar-refractivity contribution in [3.63, 3.8) is 0 Å². The zero-order valence-corrected chi connectivity index (χ0v) is 9.64. The lowest BCUT2D eigenvalue weighted by Crippen LogP contribution is -2.37.